The SMILES string of the molecule is Nc1cccc(Oc2cccc(Oc3ccccc3Oc3cccc(Oc4cccc(N)c4)c3)c2)c1. The zero-order valence-electron chi connectivity index (χ0n) is 19.3. The Bertz CT molecular complexity index is 1370. The van der Waals surface area contributed by atoms with Crippen LogP contribution in [0.15, 0.2) is 121 Å². The van der Waals surface area contributed by atoms with E-state index in [1.54, 1.807) is 24.3 Å². The van der Waals surface area contributed by atoms with Crippen LogP contribution >= 0.6 is 0 Å². The number of hydrogen-bond donors (Lipinski definition) is 2. The first-order valence-corrected chi connectivity index (χ1v) is 11.3. The lowest BCUT2D eigenvalue weighted by Gasteiger charge is -2.14. The molecule has 0 spiro atoms. The zero-order valence-corrected chi connectivity index (χ0v) is 19.3. The van der Waals surface area contributed by atoms with Gasteiger partial charge in [0.2, 0.25) is 0 Å². The van der Waals surface area contributed by atoms with E-state index in [0.29, 0.717) is 57.4 Å². The monoisotopic (exact) mass is 476 g/mol. The Kier molecular flexibility index (Phi) is 6.58. The Labute approximate surface area is 209 Å². The topological polar surface area (TPSA) is 89.0 Å². The van der Waals surface area contributed by atoms with Gasteiger partial charge in [-0.3, -0.25) is 0 Å². The minimum atomic E-state index is 0.556. The summed E-state index contributed by atoms with van der Waals surface area (Å²) in [5.74, 6) is 4.87. The first kappa shape index (κ1) is 22.7. The van der Waals surface area contributed by atoms with Gasteiger partial charge in [-0.1, -0.05) is 36.4 Å². The van der Waals surface area contributed by atoms with Gasteiger partial charge < -0.3 is 30.4 Å². The van der Waals surface area contributed by atoms with Crippen LogP contribution in [0.1, 0.15) is 0 Å². The number of anilines is 2. The molecule has 0 amide bonds. The van der Waals surface area contributed by atoms with Crippen molar-refractivity contribution in [1.29, 1.82) is 0 Å². The summed E-state index contributed by atoms with van der Waals surface area (Å²) in [7, 11) is 0. The standard InChI is InChI=1S/C30H24N2O4/c31-21-7-3-9-23(17-21)33-25-11-5-13-27(19-25)35-29-15-1-2-16-30(29)36-28-14-6-12-26(20-28)34-24-10-4-8-22(32)18-24/h1-20H,31-32H2. The molecule has 0 fully saturated rings. The molecule has 0 bridgehead atoms. The second-order valence-electron chi connectivity index (χ2n) is 7.95. The second kappa shape index (κ2) is 10.4. The molecule has 0 aliphatic heterocycles. The largest absolute Gasteiger partial charge is 0.457 e. The summed E-state index contributed by atoms with van der Waals surface area (Å²) in [6, 6.07) is 36.7. The molecule has 0 aromatic heterocycles. The van der Waals surface area contributed by atoms with Crippen LogP contribution in [0.4, 0.5) is 11.4 Å². The van der Waals surface area contributed by atoms with E-state index in [1.165, 1.54) is 0 Å². The van der Waals surface area contributed by atoms with Gasteiger partial charge in [0.25, 0.3) is 0 Å². The molecule has 4 N–H and O–H groups in total. The molecule has 178 valence electrons. The van der Waals surface area contributed by atoms with E-state index in [0.717, 1.165) is 0 Å². The minimum Gasteiger partial charge on any atom is -0.457 e. The summed E-state index contributed by atoms with van der Waals surface area (Å²) in [4.78, 5) is 0. The summed E-state index contributed by atoms with van der Waals surface area (Å²) in [5.41, 5.74) is 13.0. The third-order valence-electron chi connectivity index (χ3n) is 5.10. The lowest BCUT2D eigenvalue weighted by atomic mass is 10.2. The molecule has 6 heteroatoms. The molecule has 0 atom stereocenters. The van der Waals surface area contributed by atoms with E-state index in [2.05, 4.69) is 0 Å². The smallest absolute Gasteiger partial charge is 0.169 e. The lowest BCUT2D eigenvalue weighted by Crippen LogP contribution is -1.92. The molecule has 0 aliphatic carbocycles. The Morgan fingerprint density at radius 3 is 1.06 bits per heavy atom. The van der Waals surface area contributed by atoms with Crippen LogP contribution in [0.25, 0.3) is 0 Å². The molecule has 0 unspecified atom stereocenters. The second-order valence-corrected chi connectivity index (χ2v) is 7.95. The maximum absolute atomic E-state index is 6.15. The van der Waals surface area contributed by atoms with Crippen LogP contribution in [0, 0.1) is 0 Å². The van der Waals surface area contributed by atoms with E-state index >= 15 is 0 Å². The molecule has 0 saturated carbocycles. The highest BCUT2D eigenvalue weighted by atomic mass is 16.5. The Balaban J connectivity index is 1.32. The van der Waals surface area contributed by atoms with Crippen molar-refractivity contribution in [2.24, 2.45) is 0 Å². The van der Waals surface area contributed by atoms with E-state index < -0.39 is 0 Å². The fourth-order valence-corrected chi connectivity index (χ4v) is 3.50. The highest BCUT2D eigenvalue weighted by Gasteiger charge is 2.09. The molecule has 5 aromatic rings. The molecule has 0 saturated heterocycles. The van der Waals surface area contributed by atoms with E-state index in [9.17, 15) is 0 Å². The zero-order chi connectivity index (χ0) is 24.7. The Morgan fingerprint density at radius 1 is 0.333 bits per heavy atom. The average molecular weight is 477 g/mol. The van der Waals surface area contributed by atoms with E-state index in [1.807, 2.05) is 97.1 Å². The van der Waals surface area contributed by atoms with Crippen molar-refractivity contribution < 1.29 is 18.9 Å². The number of rotatable bonds is 8. The number of para-hydroxylation sites is 2. The van der Waals surface area contributed by atoms with Crippen molar-refractivity contribution in [3.05, 3.63) is 121 Å². The van der Waals surface area contributed by atoms with Crippen LogP contribution in [-0.4, -0.2) is 0 Å². The van der Waals surface area contributed by atoms with Gasteiger partial charge in [-0.25, -0.2) is 0 Å². The predicted octanol–water partition coefficient (Wildman–Crippen LogP) is 8.02. The minimum absolute atomic E-state index is 0.556. The van der Waals surface area contributed by atoms with Gasteiger partial charge in [0.1, 0.15) is 34.5 Å². The van der Waals surface area contributed by atoms with Gasteiger partial charge in [-0.2, -0.15) is 0 Å². The van der Waals surface area contributed by atoms with Crippen LogP contribution in [0.5, 0.6) is 46.0 Å². The number of hydrogen-bond acceptors (Lipinski definition) is 6. The lowest BCUT2D eigenvalue weighted by molar-refractivity contribution is 0.412. The average Bonchev–Trinajstić information content (AvgIpc) is 2.86. The molecular weight excluding hydrogens is 452 g/mol. The molecule has 0 heterocycles. The number of nitrogens with two attached hydrogens (primary N) is 2. The van der Waals surface area contributed by atoms with Crippen LogP contribution in [0.2, 0.25) is 0 Å². The fourth-order valence-electron chi connectivity index (χ4n) is 3.50. The molecule has 0 aliphatic rings. The molecule has 0 radical (unpaired) electrons. The van der Waals surface area contributed by atoms with Gasteiger partial charge in [-0.15, -0.1) is 0 Å². The molecule has 5 aromatic carbocycles. The summed E-state index contributed by atoms with van der Waals surface area (Å²) in [6.07, 6.45) is 0. The van der Waals surface area contributed by atoms with Crippen molar-refractivity contribution in [2.45, 2.75) is 0 Å². The maximum Gasteiger partial charge on any atom is 0.169 e. The molecular formula is C30H24N2O4. The highest BCUT2D eigenvalue weighted by Crippen LogP contribution is 2.37. The normalized spacial score (nSPS) is 10.4. The van der Waals surface area contributed by atoms with Gasteiger partial charge in [0, 0.05) is 35.6 Å². The Hall–Kier alpha value is -5.10. The first-order valence-electron chi connectivity index (χ1n) is 11.3. The number of benzene rings is 5. The van der Waals surface area contributed by atoms with Crippen LogP contribution in [0.3, 0.4) is 0 Å². The maximum atomic E-state index is 6.15. The quantitative estimate of drug-likeness (QED) is 0.220. The van der Waals surface area contributed by atoms with Crippen molar-refractivity contribution >= 4 is 11.4 Å². The van der Waals surface area contributed by atoms with Gasteiger partial charge in [0.15, 0.2) is 11.5 Å². The van der Waals surface area contributed by atoms with Crippen molar-refractivity contribution in [2.75, 3.05) is 11.5 Å². The van der Waals surface area contributed by atoms with Crippen LogP contribution in [-0.2, 0) is 0 Å². The van der Waals surface area contributed by atoms with Crippen molar-refractivity contribution in [3.63, 3.8) is 0 Å². The summed E-state index contributed by atoms with van der Waals surface area (Å²) in [6.45, 7) is 0. The van der Waals surface area contributed by atoms with E-state index in [-0.39, 0.29) is 0 Å². The molecule has 5 rings (SSSR count). The summed E-state index contributed by atoms with van der Waals surface area (Å²) >= 11 is 0. The van der Waals surface area contributed by atoms with Crippen molar-refractivity contribution in [3.8, 4) is 46.0 Å². The van der Waals surface area contributed by atoms with E-state index in [4.69, 9.17) is 30.4 Å². The van der Waals surface area contributed by atoms with Crippen LogP contribution < -0.4 is 30.4 Å². The number of ether oxygens (including phenoxy) is 4. The third kappa shape index (κ3) is 5.87. The highest BCUT2D eigenvalue weighted by molar-refractivity contribution is 5.49. The molecule has 6 nitrogen and oxygen atoms in total. The summed E-state index contributed by atoms with van der Waals surface area (Å²) < 4.78 is 24.1. The third-order valence-corrected chi connectivity index (χ3v) is 5.10. The van der Waals surface area contributed by atoms with Crippen molar-refractivity contribution in [1.82, 2.24) is 0 Å². The number of nitrogen functional groups attached to an aromatic ring is 2. The fraction of sp³-hybridized carbons (Fsp3) is 0. The van der Waals surface area contributed by atoms with Gasteiger partial charge >= 0.3 is 0 Å². The van der Waals surface area contributed by atoms with Gasteiger partial charge in [-0.05, 0) is 60.7 Å². The molecule has 36 heavy (non-hydrogen) atoms. The summed E-state index contributed by atoms with van der Waals surface area (Å²) in [5, 5.41) is 0. The predicted molar refractivity (Wildman–Crippen MR) is 141 cm³/mol. The van der Waals surface area contributed by atoms with Gasteiger partial charge in [0.05, 0.1) is 0 Å². The first-order chi connectivity index (χ1) is 17.6. The Morgan fingerprint density at radius 2 is 0.667 bits per heavy atom.